The molecule has 0 saturated heterocycles. The summed E-state index contributed by atoms with van der Waals surface area (Å²) in [6, 6.07) is 0. The third-order valence-electron chi connectivity index (χ3n) is 2.29. The quantitative estimate of drug-likeness (QED) is 0.492. The van der Waals surface area contributed by atoms with E-state index in [0.717, 1.165) is 12.8 Å². The largest absolute Gasteiger partial charge is 0.379 e. The smallest absolute Gasteiger partial charge is 0.239 e. The third kappa shape index (κ3) is 9.15. The van der Waals surface area contributed by atoms with Crippen LogP contribution < -0.4 is 11.1 Å². The van der Waals surface area contributed by atoms with Gasteiger partial charge in [0.2, 0.25) is 5.91 Å². The lowest BCUT2D eigenvalue weighted by molar-refractivity contribution is -0.126. The first kappa shape index (κ1) is 18.8. The fraction of sp³-hybridized carbons (Fsp3) is 0.750. The van der Waals surface area contributed by atoms with Gasteiger partial charge in [0.25, 0.3) is 0 Å². The van der Waals surface area contributed by atoms with E-state index < -0.39 is 5.54 Å². The second kappa shape index (κ2) is 10.6. The summed E-state index contributed by atoms with van der Waals surface area (Å²) < 4.78 is 5.27. The first-order valence-corrected chi connectivity index (χ1v) is 5.80. The molecule has 0 aromatic carbocycles. The Hall–Kier alpha value is -0.580. The van der Waals surface area contributed by atoms with Crippen molar-refractivity contribution in [2.24, 2.45) is 5.73 Å². The van der Waals surface area contributed by atoms with Crippen molar-refractivity contribution in [3.8, 4) is 0 Å². The van der Waals surface area contributed by atoms with Crippen LogP contribution in [0.5, 0.6) is 0 Å². The van der Waals surface area contributed by atoms with E-state index >= 15 is 0 Å². The van der Waals surface area contributed by atoms with E-state index in [1.165, 1.54) is 0 Å². The number of hydrogen-bond acceptors (Lipinski definition) is 3. The predicted octanol–water partition coefficient (Wildman–Crippen LogP) is 1.63. The van der Waals surface area contributed by atoms with Crippen molar-refractivity contribution in [1.29, 1.82) is 0 Å². The molecule has 0 aromatic rings. The summed E-state index contributed by atoms with van der Waals surface area (Å²) in [6.07, 6.45) is 4.22. The van der Waals surface area contributed by atoms with Crippen molar-refractivity contribution < 1.29 is 9.53 Å². The number of nitrogens with one attached hydrogen (secondary N) is 1. The molecule has 3 N–H and O–H groups in total. The van der Waals surface area contributed by atoms with Crippen LogP contribution in [0.15, 0.2) is 12.7 Å². The summed E-state index contributed by atoms with van der Waals surface area (Å²) in [5.41, 5.74) is 5.10. The van der Waals surface area contributed by atoms with Crippen molar-refractivity contribution in [3.63, 3.8) is 0 Å². The SMILES string of the molecule is C=CCCOCCNC(=O)C(C)(N)CCC.Cl. The number of amides is 1. The molecule has 0 saturated carbocycles. The molecule has 0 aliphatic carbocycles. The van der Waals surface area contributed by atoms with Crippen LogP contribution in [0.25, 0.3) is 0 Å². The van der Waals surface area contributed by atoms with E-state index in [4.69, 9.17) is 10.5 Å². The Morgan fingerprint density at radius 2 is 2.18 bits per heavy atom. The lowest BCUT2D eigenvalue weighted by atomic mass is 9.97. The highest BCUT2D eigenvalue weighted by Crippen LogP contribution is 2.07. The molecule has 0 spiro atoms. The van der Waals surface area contributed by atoms with Gasteiger partial charge in [-0.2, -0.15) is 0 Å². The minimum Gasteiger partial charge on any atom is -0.379 e. The Kier molecular flexibility index (Phi) is 11.7. The average Bonchev–Trinajstić information content (AvgIpc) is 2.22. The Balaban J connectivity index is 0. The van der Waals surface area contributed by atoms with E-state index in [-0.39, 0.29) is 18.3 Å². The molecule has 0 rings (SSSR count). The Labute approximate surface area is 110 Å². The summed E-state index contributed by atoms with van der Waals surface area (Å²) >= 11 is 0. The molecule has 5 heteroatoms. The molecule has 0 fully saturated rings. The van der Waals surface area contributed by atoms with Crippen molar-refractivity contribution in [1.82, 2.24) is 5.32 Å². The number of halogens is 1. The van der Waals surface area contributed by atoms with E-state index in [1.54, 1.807) is 13.0 Å². The van der Waals surface area contributed by atoms with Gasteiger partial charge in [-0.1, -0.05) is 19.4 Å². The van der Waals surface area contributed by atoms with E-state index in [2.05, 4.69) is 11.9 Å². The molecule has 102 valence electrons. The van der Waals surface area contributed by atoms with Crippen LogP contribution in [0.2, 0.25) is 0 Å². The van der Waals surface area contributed by atoms with Crippen molar-refractivity contribution in [2.75, 3.05) is 19.8 Å². The van der Waals surface area contributed by atoms with Gasteiger partial charge in [0.15, 0.2) is 0 Å². The highest BCUT2D eigenvalue weighted by atomic mass is 35.5. The van der Waals surface area contributed by atoms with Gasteiger partial charge in [0.1, 0.15) is 0 Å². The van der Waals surface area contributed by atoms with Gasteiger partial charge in [-0.25, -0.2) is 0 Å². The molecule has 0 aromatic heterocycles. The van der Waals surface area contributed by atoms with E-state index in [1.807, 2.05) is 6.92 Å². The number of nitrogens with two attached hydrogens (primary N) is 1. The summed E-state index contributed by atoms with van der Waals surface area (Å²) in [7, 11) is 0. The number of hydrogen-bond donors (Lipinski definition) is 2. The Morgan fingerprint density at radius 3 is 2.71 bits per heavy atom. The van der Waals surface area contributed by atoms with Crippen LogP contribution in [0.4, 0.5) is 0 Å². The zero-order valence-corrected chi connectivity index (χ0v) is 11.6. The minimum atomic E-state index is -0.768. The van der Waals surface area contributed by atoms with Crippen LogP contribution in [-0.2, 0) is 9.53 Å². The number of rotatable bonds is 9. The molecule has 1 atom stereocenters. The Morgan fingerprint density at radius 1 is 1.53 bits per heavy atom. The molecule has 17 heavy (non-hydrogen) atoms. The summed E-state index contributed by atoms with van der Waals surface area (Å²) in [6.45, 7) is 9.03. The molecule has 0 aliphatic heterocycles. The normalized spacial score (nSPS) is 13.4. The fourth-order valence-corrected chi connectivity index (χ4v) is 1.34. The summed E-state index contributed by atoms with van der Waals surface area (Å²) in [5, 5.41) is 2.77. The monoisotopic (exact) mass is 264 g/mol. The Bertz CT molecular complexity index is 221. The molecular formula is C12H25ClN2O2. The molecule has 0 aliphatic rings. The lowest BCUT2D eigenvalue weighted by Crippen LogP contribution is -2.52. The topological polar surface area (TPSA) is 64.3 Å². The minimum absolute atomic E-state index is 0. The van der Waals surface area contributed by atoms with Gasteiger partial charge in [0.05, 0.1) is 18.8 Å². The van der Waals surface area contributed by atoms with Crippen LogP contribution >= 0.6 is 12.4 Å². The third-order valence-corrected chi connectivity index (χ3v) is 2.29. The molecule has 4 nitrogen and oxygen atoms in total. The van der Waals surface area contributed by atoms with Gasteiger partial charge in [-0.3, -0.25) is 4.79 Å². The van der Waals surface area contributed by atoms with E-state index in [0.29, 0.717) is 26.2 Å². The number of ether oxygens (including phenoxy) is 1. The van der Waals surface area contributed by atoms with Crippen LogP contribution in [0.3, 0.4) is 0 Å². The molecule has 1 unspecified atom stereocenters. The standard InChI is InChI=1S/C12H24N2O2.ClH/c1-4-6-9-16-10-8-14-11(15)12(3,13)7-5-2;/h4H,1,5-10,13H2,2-3H3,(H,14,15);1H. The van der Waals surface area contributed by atoms with Gasteiger partial charge in [-0.05, 0) is 19.8 Å². The molecule has 0 bridgehead atoms. The predicted molar refractivity (Wildman–Crippen MR) is 73.4 cm³/mol. The van der Waals surface area contributed by atoms with Crippen molar-refractivity contribution in [2.45, 2.75) is 38.6 Å². The summed E-state index contributed by atoms with van der Waals surface area (Å²) in [5.74, 6) is -0.110. The van der Waals surface area contributed by atoms with Crippen LogP contribution in [0, 0.1) is 0 Å². The van der Waals surface area contributed by atoms with E-state index in [9.17, 15) is 4.79 Å². The number of carbonyl (C=O) groups is 1. The maximum atomic E-state index is 11.6. The second-order valence-corrected chi connectivity index (χ2v) is 4.11. The maximum Gasteiger partial charge on any atom is 0.239 e. The van der Waals surface area contributed by atoms with Crippen molar-refractivity contribution >= 4 is 18.3 Å². The first-order valence-electron chi connectivity index (χ1n) is 5.80. The fourth-order valence-electron chi connectivity index (χ4n) is 1.34. The molecule has 1 amide bonds. The number of carbonyl (C=O) groups excluding carboxylic acids is 1. The van der Waals surface area contributed by atoms with Crippen molar-refractivity contribution in [3.05, 3.63) is 12.7 Å². The van der Waals surface area contributed by atoms with Gasteiger partial charge < -0.3 is 15.8 Å². The molecule has 0 heterocycles. The van der Waals surface area contributed by atoms with Gasteiger partial charge in [0, 0.05) is 6.54 Å². The lowest BCUT2D eigenvalue weighted by Gasteiger charge is -2.22. The van der Waals surface area contributed by atoms with Crippen LogP contribution in [-0.4, -0.2) is 31.2 Å². The molecule has 0 radical (unpaired) electrons. The highest BCUT2D eigenvalue weighted by Gasteiger charge is 2.26. The van der Waals surface area contributed by atoms with Gasteiger partial charge >= 0.3 is 0 Å². The highest BCUT2D eigenvalue weighted by molar-refractivity contribution is 5.85. The first-order chi connectivity index (χ1) is 7.54. The summed E-state index contributed by atoms with van der Waals surface area (Å²) in [4.78, 5) is 11.6. The zero-order valence-electron chi connectivity index (χ0n) is 10.8. The van der Waals surface area contributed by atoms with Crippen LogP contribution in [0.1, 0.15) is 33.1 Å². The maximum absolute atomic E-state index is 11.6. The average molecular weight is 265 g/mol. The second-order valence-electron chi connectivity index (χ2n) is 4.11. The molecular weight excluding hydrogens is 240 g/mol. The zero-order chi connectivity index (χ0) is 12.4. The van der Waals surface area contributed by atoms with Gasteiger partial charge in [-0.15, -0.1) is 19.0 Å².